The van der Waals surface area contributed by atoms with Crippen molar-refractivity contribution in [2.24, 2.45) is 28.1 Å². The molecule has 1 saturated heterocycles. The van der Waals surface area contributed by atoms with Crippen molar-refractivity contribution in [3.05, 3.63) is 0 Å². The largest absolute Gasteiger partial charge is 0.374 e. The average molecular weight is 268 g/mol. The normalized spacial score (nSPS) is 31.6. The van der Waals surface area contributed by atoms with Crippen LogP contribution in [-0.2, 0) is 4.74 Å². The molecule has 0 amide bonds. The van der Waals surface area contributed by atoms with E-state index in [-0.39, 0.29) is 5.41 Å². The Morgan fingerprint density at radius 2 is 1.32 bits per heavy atom. The first-order chi connectivity index (χ1) is 8.24. The Balaban J connectivity index is 3.00. The van der Waals surface area contributed by atoms with E-state index in [9.17, 15) is 0 Å². The molecule has 0 aromatic carbocycles. The van der Waals surface area contributed by atoms with Crippen LogP contribution in [0.2, 0.25) is 0 Å². The maximum atomic E-state index is 6.55. The van der Waals surface area contributed by atoms with E-state index in [1.807, 2.05) is 0 Å². The molecule has 0 aromatic heterocycles. The molecule has 0 aliphatic carbocycles. The molecule has 1 heterocycles. The molecular weight excluding hydrogens is 232 g/mol. The maximum Gasteiger partial charge on any atom is 0.0643 e. The Morgan fingerprint density at radius 3 is 1.63 bits per heavy atom. The van der Waals surface area contributed by atoms with E-state index in [2.05, 4.69) is 69.2 Å². The van der Waals surface area contributed by atoms with Crippen LogP contribution in [0.15, 0.2) is 0 Å². The molecule has 0 bridgehead atoms. The van der Waals surface area contributed by atoms with E-state index in [4.69, 9.17) is 4.74 Å². The molecule has 1 fully saturated rings. The minimum atomic E-state index is 0.246. The number of rotatable bonds is 1. The molecule has 0 radical (unpaired) electrons. The van der Waals surface area contributed by atoms with Crippen molar-refractivity contribution in [1.29, 1.82) is 0 Å². The minimum Gasteiger partial charge on any atom is -0.374 e. The molecule has 0 spiro atoms. The van der Waals surface area contributed by atoms with Gasteiger partial charge in [0.05, 0.1) is 12.2 Å². The Bertz CT molecular complexity index is 297. The van der Waals surface area contributed by atoms with Gasteiger partial charge in [0.25, 0.3) is 0 Å². The molecule has 1 rings (SSSR count). The van der Waals surface area contributed by atoms with Crippen molar-refractivity contribution in [1.82, 2.24) is 0 Å². The van der Waals surface area contributed by atoms with Gasteiger partial charge in [0.15, 0.2) is 0 Å². The van der Waals surface area contributed by atoms with Gasteiger partial charge in [-0.3, -0.25) is 0 Å². The predicted octanol–water partition coefficient (Wildman–Crippen LogP) is 5.53. The van der Waals surface area contributed by atoms with Gasteiger partial charge in [-0.15, -0.1) is 0 Å². The molecule has 1 aliphatic rings. The van der Waals surface area contributed by atoms with E-state index in [0.29, 0.717) is 34.9 Å². The highest BCUT2D eigenvalue weighted by Gasteiger charge is 2.49. The lowest BCUT2D eigenvalue weighted by Crippen LogP contribution is -2.38. The number of hydrogen-bond donors (Lipinski definition) is 0. The zero-order valence-corrected chi connectivity index (χ0v) is 14.9. The number of ether oxygens (including phenoxy) is 1. The van der Waals surface area contributed by atoms with Crippen molar-refractivity contribution >= 4 is 0 Å². The van der Waals surface area contributed by atoms with Crippen LogP contribution in [0.3, 0.4) is 0 Å². The van der Waals surface area contributed by atoms with E-state index >= 15 is 0 Å². The molecule has 1 nitrogen and oxygen atoms in total. The van der Waals surface area contributed by atoms with Crippen molar-refractivity contribution < 1.29 is 4.74 Å². The average Bonchev–Trinajstić information content (AvgIpc) is 2.57. The smallest absolute Gasteiger partial charge is 0.0643 e. The molecule has 1 unspecified atom stereocenters. The summed E-state index contributed by atoms with van der Waals surface area (Å²) in [5.74, 6) is 1.25. The number of hydrogen-bond acceptors (Lipinski definition) is 1. The van der Waals surface area contributed by atoms with Gasteiger partial charge >= 0.3 is 0 Å². The quantitative estimate of drug-likeness (QED) is 0.607. The van der Waals surface area contributed by atoms with Gasteiger partial charge in [-0.05, 0) is 34.5 Å². The van der Waals surface area contributed by atoms with Crippen molar-refractivity contribution in [2.45, 2.75) is 87.9 Å². The van der Waals surface area contributed by atoms with Gasteiger partial charge in [0.1, 0.15) is 0 Å². The molecule has 114 valence electrons. The molecular formula is C18H36O. The Hall–Kier alpha value is -0.0400. The van der Waals surface area contributed by atoms with Crippen molar-refractivity contribution in [2.75, 3.05) is 0 Å². The van der Waals surface area contributed by atoms with Gasteiger partial charge < -0.3 is 4.74 Å². The van der Waals surface area contributed by atoms with Gasteiger partial charge in [-0.1, -0.05) is 69.2 Å². The third-order valence-electron chi connectivity index (χ3n) is 5.12. The minimum absolute atomic E-state index is 0.246. The van der Waals surface area contributed by atoms with Gasteiger partial charge in [0, 0.05) is 0 Å². The maximum absolute atomic E-state index is 6.55. The molecule has 4 atom stereocenters. The van der Waals surface area contributed by atoms with Gasteiger partial charge in [-0.2, -0.15) is 0 Å². The summed E-state index contributed by atoms with van der Waals surface area (Å²) < 4.78 is 6.55. The molecule has 0 saturated carbocycles. The lowest BCUT2D eigenvalue weighted by molar-refractivity contribution is -0.0719. The Kier molecular flexibility index (Phi) is 4.53. The van der Waals surface area contributed by atoms with Crippen LogP contribution in [0.1, 0.15) is 75.7 Å². The fraction of sp³-hybridized carbons (Fsp3) is 1.00. The molecule has 19 heavy (non-hydrogen) atoms. The fourth-order valence-corrected chi connectivity index (χ4v) is 3.07. The van der Waals surface area contributed by atoms with Crippen LogP contribution in [0.25, 0.3) is 0 Å². The van der Waals surface area contributed by atoms with Crippen LogP contribution >= 0.6 is 0 Å². The van der Waals surface area contributed by atoms with E-state index in [1.165, 1.54) is 6.42 Å². The predicted molar refractivity (Wildman–Crippen MR) is 84.3 cm³/mol. The zero-order chi connectivity index (χ0) is 15.2. The third-order valence-corrected chi connectivity index (χ3v) is 5.12. The SMILES string of the molecule is C[C@H]([C@H]1O[C@@H](C(C)(C)C)CC1C(C)(C)C)C(C)(C)C. The summed E-state index contributed by atoms with van der Waals surface area (Å²) in [5.41, 5.74) is 0.876. The monoisotopic (exact) mass is 268 g/mol. The summed E-state index contributed by atoms with van der Waals surface area (Å²) in [7, 11) is 0. The Morgan fingerprint density at radius 1 is 0.842 bits per heavy atom. The molecule has 0 N–H and O–H groups in total. The van der Waals surface area contributed by atoms with Crippen LogP contribution in [0.4, 0.5) is 0 Å². The van der Waals surface area contributed by atoms with Crippen molar-refractivity contribution in [3.63, 3.8) is 0 Å². The molecule has 1 aliphatic heterocycles. The highest BCUT2D eigenvalue weighted by molar-refractivity contribution is 4.97. The van der Waals surface area contributed by atoms with Crippen LogP contribution < -0.4 is 0 Å². The second-order valence-electron chi connectivity index (χ2n) is 9.82. The van der Waals surface area contributed by atoms with E-state index in [0.717, 1.165) is 0 Å². The first-order valence-corrected chi connectivity index (χ1v) is 7.90. The van der Waals surface area contributed by atoms with Crippen LogP contribution in [-0.4, -0.2) is 12.2 Å². The summed E-state index contributed by atoms with van der Waals surface area (Å²) in [6.07, 6.45) is 1.99. The van der Waals surface area contributed by atoms with Gasteiger partial charge in [-0.25, -0.2) is 0 Å². The summed E-state index contributed by atoms with van der Waals surface area (Å²) in [6, 6.07) is 0. The van der Waals surface area contributed by atoms with E-state index in [1.54, 1.807) is 0 Å². The Labute approximate surface area is 121 Å². The van der Waals surface area contributed by atoms with Crippen molar-refractivity contribution in [3.8, 4) is 0 Å². The summed E-state index contributed by atoms with van der Waals surface area (Å²) in [5, 5.41) is 0. The lowest BCUT2D eigenvalue weighted by Gasteiger charge is -2.39. The second-order valence-corrected chi connectivity index (χ2v) is 9.82. The van der Waals surface area contributed by atoms with Gasteiger partial charge in [0.2, 0.25) is 0 Å². The fourth-order valence-electron chi connectivity index (χ4n) is 3.07. The lowest BCUT2D eigenvalue weighted by atomic mass is 9.67. The molecule has 1 heteroatoms. The van der Waals surface area contributed by atoms with Crippen LogP contribution in [0.5, 0.6) is 0 Å². The zero-order valence-electron chi connectivity index (χ0n) is 14.9. The molecule has 0 aromatic rings. The first kappa shape index (κ1) is 17.0. The summed E-state index contributed by atoms with van der Waals surface area (Å²) in [4.78, 5) is 0. The standard InChI is InChI=1S/C18H36O/c1-12(16(2,3)4)15-13(17(5,6)7)11-14(19-15)18(8,9)10/h12-15H,11H2,1-10H3/t12-,13?,14-,15-/m1/s1. The highest BCUT2D eigenvalue weighted by Crippen LogP contribution is 2.49. The third kappa shape index (κ3) is 3.97. The first-order valence-electron chi connectivity index (χ1n) is 7.90. The second kappa shape index (κ2) is 5.06. The highest BCUT2D eigenvalue weighted by atomic mass is 16.5. The summed E-state index contributed by atoms with van der Waals surface area (Å²) >= 11 is 0. The topological polar surface area (TPSA) is 9.23 Å². The van der Waals surface area contributed by atoms with Crippen LogP contribution in [0, 0.1) is 28.1 Å². The summed E-state index contributed by atoms with van der Waals surface area (Å²) in [6.45, 7) is 23.4. The van der Waals surface area contributed by atoms with E-state index < -0.39 is 0 Å².